The van der Waals surface area contributed by atoms with Crippen molar-refractivity contribution in [1.82, 2.24) is 0 Å². The first-order valence-electron chi connectivity index (χ1n) is 8.88. The Balaban J connectivity index is 2.37. The topological polar surface area (TPSA) is 55.8 Å². The van der Waals surface area contributed by atoms with E-state index >= 15 is 0 Å². The largest absolute Gasteiger partial charge is 0.507 e. The van der Waals surface area contributed by atoms with Crippen LogP contribution in [0.2, 0.25) is 0 Å². The Labute approximate surface area is 173 Å². The third-order valence-corrected chi connectivity index (χ3v) is 4.12. The number of phenols is 1. The van der Waals surface area contributed by atoms with Crippen LogP contribution in [0.15, 0.2) is 36.4 Å². The number of carbonyl (C=O) groups excluding carboxylic acids is 1. The van der Waals surface area contributed by atoms with Crippen LogP contribution in [0.3, 0.4) is 0 Å². The fourth-order valence-corrected chi connectivity index (χ4v) is 2.55. The molecule has 0 heterocycles. The molecule has 0 radical (unpaired) electrons. The molecule has 0 aliphatic rings. The van der Waals surface area contributed by atoms with E-state index in [-0.39, 0.29) is 16.9 Å². The second kappa shape index (κ2) is 10.2. The number of esters is 1. The fourth-order valence-electron chi connectivity index (χ4n) is 2.55. The van der Waals surface area contributed by atoms with Gasteiger partial charge in [-0.2, -0.15) is 17.6 Å². The van der Waals surface area contributed by atoms with Crippen LogP contribution in [0.25, 0.3) is 12.2 Å². The molecule has 0 amide bonds. The third kappa shape index (κ3) is 6.40. The van der Waals surface area contributed by atoms with Gasteiger partial charge in [-0.3, -0.25) is 4.39 Å². The summed E-state index contributed by atoms with van der Waals surface area (Å²) in [7, 11) is 1.05. The number of rotatable bonds is 8. The minimum Gasteiger partial charge on any atom is -0.507 e. The van der Waals surface area contributed by atoms with Gasteiger partial charge in [0.2, 0.25) is 0 Å². The van der Waals surface area contributed by atoms with Gasteiger partial charge in [0, 0.05) is 12.5 Å². The Morgan fingerprint density at radius 1 is 1.13 bits per heavy atom. The number of phenolic OH excluding ortho intramolecular Hbond substituents is 1. The Bertz CT molecular complexity index is 925. The van der Waals surface area contributed by atoms with Gasteiger partial charge < -0.3 is 14.6 Å². The molecule has 31 heavy (non-hydrogen) atoms. The fraction of sp³-hybridized carbons (Fsp3) is 0.286. The normalized spacial score (nSPS) is 13.8. The lowest BCUT2D eigenvalue weighted by molar-refractivity contribution is -0.137. The molecule has 2 unspecified atom stereocenters. The molecule has 0 aromatic heterocycles. The van der Waals surface area contributed by atoms with Crippen LogP contribution in [0.1, 0.15) is 33.5 Å². The zero-order valence-corrected chi connectivity index (χ0v) is 16.1. The second-order valence-electron chi connectivity index (χ2n) is 6.31. The number of methoxy groups -OCH3 is 1. The lowest BCUT2D eigenvalue weighted by Gasteiger charge is -2.16. The Kier molecular flexibility index (Phi) is 7.95. The summed E-state index contributed by atoms with van der Waals surface area (Å²) in [5, 5.41) is 10.1. The molecule has 10 heteroatoms. The van der Waals surface area contributed by atoms with Gasteiger partial charge in [0.25, 0.3) is 6.36 Å². The zero-order valence-electron chi connectivity index (χ0n) is 16.1. The average Bonchev–Trinajstić information content (AvgIpc) is 2.71. The molecule has 2 rings (SSSR count). The highest BCUT2D eigenvalue weighted by molar-refractivity contribution is 5.98. The predicted octanol–water partition coefficient (Wildman–Crippen LogP) is 5.74. The van der Waals surface area contributed by atoms with Gasteiger partial charge in [-0.25, -0.2) is 9.18 Å². The molecule has 1 N–H and O–H groups in total. The molecule has 0 saturated heterocycles. The second-order valence-corrected chi connectivity index (χ2v) is 6.31. The van der Waals surface area contributed by atoms with Crippen LogP contribution >= 0.6 is 0 Å². The predicted molar refractivity (Wildman–Crippen MR) is 101 cm³/mol. The maximum atomic E-state index is 13.8. The maximum absolute atomic E-state index is 13.8. The smallest absolute Gasteiger partial charge is 0.416 e. The van der Waals surface area contributed by atoms with E-state index in [0.29, 0.717) is 5.56 Å². The van der Waals surface area contributed by atoms with E-state index in [2.05, 4.69) is 4.74 Å². The molecule has 168 valence electrons. The summed E-state index contributed by atoms with van der Waals surface area (Å²) in [5.41, 5.74) is -0.885. The standard InChI is InChI=1S/C21H18F6O4/c1-30-20(29)18-13(5-2-12-3-6-14(7-4-12)21(25,26)27)10-15(11-17(18)28)31-19(24)16(23)8-9-22/h2-7,10-11,16,19,28H,8-9H2,1H3. The van der Waals surface area contributed by atoms with Gasteiger partial charge in [-0.15, -0.1) is 0 Å². The van der Waals surface area contributed by atoms with Crippen molar-refractivity contribution in [3.05, 3.63) is 58.7 Å². The van der Waals surface area contributed by atoms with E-state index in [0.717, 1.165) is 31.4 Å². The first kappa shape index (κ1) is 24.1. The Morgan fingerprint density at radius 3 is 2.32 bits per heavy atom. The van der Waals surface area contributed by atoms with Gasteiger partial charge in [-0.1, -0.05) is 24.3 Å². The molecule has 0 saturated carbocycles. The molecule has 0 aliphatic carbocycles. The highest BCUT2D eigenvalue weighted by atomic mass is 19.4. The van der Waals surface area contributed by atoms with Gasteiger partial charge in [0.1, 0.15) is 17.1 Å². The van der Waals surface area contributed by atoms with Crippen LogP contribution < -0.4 is 4.74 Å². The molecular formula is C21H18F6O4. The first-order valence-corrected chi connectivity index (χ1v) is 8.88. The van der Waals surface area contributed by atoms with E-state index < -0.39 is 49.1 Å². The number of halogens is 6. The summed E-state index contributed by atoms with van der Waals surface area (Å²) < 4.78 is 86.7. The van der Waals surface area contributed by atoms with E-state index in [1.165, 1.54) is 24.3 Å². The maximum Gasteiger partial charge on any atom is 0.416 e. The summed E-state index contributed by atoms with van der Waals surface area (Å²) in [5.74, 6) is -1.97. The highest BCUT2D eigenvalue weighted by Crippen LogP contribution is 2.32. The number of alkyl halides is 6. The van der Waals surface area contributed by atoms with Crippen molar-refractivity contribution in [2.24, 2.45) is 0 Å². The van der Waals surface area contributed by atoms with Crippen molar-refractivity contribution in [3.8, 4) is 11.5 Å². The summed E-state index contributed by atoms with van der Waals surface area (Å²) in [4.78, 5) is 12.0. The number of aromatic hydroxyl groups is 1. The molecule has 0 bridgehead atoms. The average molecular weight is 448 g/mol. The molecule has 2 atom stereocenters. The lowest BCUT2D eigenvalue weighted by atomic mass is 10.0. The Hall–Kier alpha value is -3.17. The monoisotopic (exact) mass is 448 g/mol. The minimum absolute atomic E-state index is 0.0325. The molecule has 0 fully saturated rings. The zero-order chi connectivity index (χ0) is 23.2. The number of hydrogen-bond acceptors (Lipinski definition) is 4. The summed E-state index contributed by atoms with van der Waals surface area (Å²) in [6.07, 6.45) is -7.42. The van der Waals surface area contributed by atoms with Crippen molar-refractivity contribution in [2.75, 3.05) is 13.8 Å². The molecule has 2 aromatic carbocycles. The van der Waals surface area contributed by atoms with E-state index in [4.69, 9.17) is 4.74 Å². The van der Waals surface area contributed by atoms with Crippen molar-refractivity contribution in [3.63, 3.8) is 0 Å². The number of hydrogen-bond donors (Lipinski definition) is 1. The summed E-state index contributed by atoms with van der Waals surface area (Å²) in [6, 6.07) is 6.03. The van der Waals surface area contributed by atoms with E-state index in [1.807, 2.05) is 0 Å². The van der Waals surface area contributed by atoms with Crippen LogP contribution in [0.4, 0.5) is 26.3 Å². The van der Waals surface area contributed by atoms with Crippen molar-refractivity contribution >= 4 is 18.1 Å². The van der Waals surface area contributed by atoms with Crippen LogP contribution in [0, 0.1) is 0 Å². The lowest BCUT2D eigenvalue weighted by Crippen LogP contribution is -2.24. The van der Waals surface area contributed by atoms with Crippen LogP contribution in [-0.2, 0) is 10.9 Å². The molecule has 4 nitrogen and oxygen atoms in total. The van der Waals surface area contributed by atoms with Gasteiger partial charge in [0.05, 0.1) is 19.3 Å². The molecule has 0 aliphatic heterocycles. The Morgan fingerprint density at radius 2 is 1.77 bits per heavy atom. The van der Waals surface area contributed by atoms with Gasteiger partial charge >= 0.3 is 12.1 Å². The summed E-state index contributed by atoms with van der Waals surface area (Å²) >= 11 is 0. The SMILES string of the molecule is COC(=O)c1c(O)cc(OC(F)C(F)CCF)cc1C=Cc1ccc(C(F)(F)F)cc1. The highest BCUT2D eigenvalue weighted by Gasteiger charge is 2.30. The van der Waals surface area contributed by atoms with Crippen molar-refractivity contribution in [2.45, 2.75) is 25.1 Å². The van der Waals surface area contributed by atoms with Crippen molar-refractivity contribution in [1.29, 1.82) is 0 Å². The van der Waals surface area contributed by atoms with Crippen molar-refractivity contribution < 1.29 is 45.7 Å². The summed E-state index contributed by atoms with van der Waals surface area (Å²) in [6.45, 7) is -1.10. The number of carbonyl (C=O) groups is 1. The van der Waals surface area contributed by atoms with Gasteiger partial charge in [0.15, 0.2) is 6.17 Å². The molecular weight excluding hydrogens is 430 g/mol. The van der Waals surface area contributed by atoms with E-state index in [9.17, 15) is 36.2 Å². The third-order valence-electron chi connectivity index (χ3n) is 4.12. The minimum atomic E-state index is -4.50. The van der Waals surface area contributed by atoms with Gasteiger partial charge in [-0.05, 0) is 29.3 Å². The number of benzene rings is 2. The van der Waals surface area contributed by atoms with Crippen LogP contribution in [0.5, 0.6) is 11.5 Å². The van der Waals surface area contributed by atoms with E-state index in [1.54, 1.807) is 0 Å². The number of ether oxygens (including phenoxy) is 2. The quantitative estimate of drug-likeness (QED) is 0.318. The molecule has 0 spiro atoms. The first-order chi connectivity index (χ1) is 14.6. The van der Waals surface area contributed by atoms with Crippen LogP contribution in [-0.4, -0.2) is 37.4 Å². The molecule has 2 aromatic rings.